The Bertz CT molecular complexity index is 674. The summed E-state index contributed by atoms with van der Waals surface area (Å²) in [7, 11) is 0. The Balaban J connectivity index is 1.71. The maximum Gasteiger partial charge on any atom is 0.471 e. The van der Waals surface area contributed by atoms with Crippen molar-refractivity contribution in [2.24, 2.45) is 0 Å². The van der Waals surface area contributed by atoms with E-state index in [4.69, 9.17) is 0 Å². The van der Waals surface area contributed by atoms with E-state index >= 15 is 0 Å². The van der Waals surface area contributed by atoms with Gasteiger partial charge in [0, 0.05) is 25.7 Å². The summed E-state index contributed by atoms with van der Waals surface area (Å²) < 4.78 is 41.8. The molecule has 124 valence electrons. The number of halogens is 3. The maximum absolute atomic E-state index is 12.5. The third kappa shape index (κ3) is 3.12. The molecular formula is C12H13F3N6O2. The Morgan fingerprint density at radius 3 is 2.48 bits per heavy atom. The molecule has 0 unspecified atom stereocenters. The highest BCUT2D eigenvalue weighted by Crippen LogP contribution is 2.29. The van der Waals surface area contributed by atoms with Gasteiger partial charge in [-0.2, -0.15) is 18.2 Å². The Kier molecular flexibility index (Phi) is 3.70. The van der Waals surface area contributed by atoms with Gasteiger partial charge in [-0.15, -0.1) is 0 Å². The summed E-state index contributed by atoms with van der Waals surface area (Å²) in [4.78, 5) is 15.0. The maximum atomic E-state index is 12.5. The molecule has 1 aliphatic rings. The molecule has 1 aliphatic heterocycles. The molecule has 23 heavy (non-hydrogen) atoms. The molecule has 1 saturated heterocycles. The van der Waals surface area contributed by atoms with Gasteiger partial charge >= 0.3 is 12.1 Å². The molecule has 2 aromatic rings. The SMILES string of the molecule is C[C@@H]1CN(c2noc(C(F)(F)F)n2)CCN1c1ncc(O)cn1. The molecule has 0 amide bonds. The first-order valence-electron chi connectivity index (χ1n) is 6.78. The van der Waals surface area contributed by atoms with Crippen LogP contribution in [0.15, 0.2) is 16.9 Å². The molecule has 0 saturated carbocycles. The smallest absolute Gasteiger partial charge is 0.471 e. The van der Waals surface area contributed by atoms with Crippen molar-refractivity contribution in [1.29, 1.82) is 0 Å². The van der Waals surface area contributed by atoms with Gasteiger partial charge in [0.15, 0.2) is 5.75 Å². The molecule has 1 atom stereocenters. The lowest BCUT2D eigenvalue weighted by atomic mass is 10.2. The van der Waals surface area contributed by atoms with E-state index in [9.17, 15) is 18.3 Å². The lowest BCUT2D eigenvalue weighted by molar-refractivity contribution is -0.159. The van der Waals surface area contributed by atoms with Crippen molar-refractivity contribution in [3.05, 3.63) is 18.3 Å². The van der Waals surface area contributed by atoms with Crippen LogP contribution in [0.1, 0.15) is 12.8 Å². The molecule has 2 aromatic heterocycles. The molecule has 11 heteroatoms. The minimum atomic E-state index is -4.65. The predicted molar refractivity (Wildman–Crippen MR) is 72.0 cm³/mol. The number of rotatable bonds is 2. The van der Waals surface area contributed by atoms with Crippen LogP contribution in [-0.2, 0) is 6.18 Å². The van der Waals surface area contributed by atoms with Crippen LogP contribution < -0.4 is 9.80 Å². The van der Waals surface area contributed by atoms with Crippen LogP contribution in [0.25, 0.3) is 0 Å². The van der Waals surface area contributed by atoms with Gasteiger partial charge in [0.05, 0.1) is 12.4 Å². The number of nitrogens with zero attached hydrogens (tertiary/aromatic N) is 6. The summed E-state index contributed by atoms with van der Waals surface area (Å²) in [6.45, 7) is 3.14. The average molecular weight is 330 g/mol. The first-order chi connectivity index (χ1) is 10.8. The summed E-state index contributed by atoms with van der Waals surface area (Å²) in [6, 6.07) is -0.0823. The second kappa shape index (κ2) is 5.56. The van der Waals surface area contributed by atoms with Gasteiger partial charge in [0.2, 0.25) is 5.95 Å². The van der Waals surface area contributed by atoms with Crippen LogP contribution in [0.5, 0.6) is 5.75 Å². The van der Waals surface area contributed by atoms with Gasteiger partial charge in [0.25, 0.3) is 5.95 Å². The highest BCUT2D eigenvalue weighted by Gasteiger charge is 2.39. The van der Waals surface area contributed by atoms with Crippen molar-refractivity contribution in [2.75, 3.05) is 29.4 Å². The van der Waals surface area contributed by atoms with Crippen LogP contribution in [0.2, 0.25) is 0 Å². The lowest BCUT2D eigenvalue weighted by Gasteiger charge is -2.39. The summed E-state index contributed by atoms with van der Waals surface area (Å²) >= 11 is 0. The zero-order chi connectivity index (χ0) is 16.6. The van der Waals surface area contributed by atoms with Crippen LogP contribution in [0, 0.1) is 0 Å². The summed E-state index contributed by atoms with van der Waals surface area (Å²) in [5.74, 6) is -1.04. The van der Waals surface area contributed by atoms with Gasteiger partial charge < -0.3 is 19.4 Å². The fraction of sp³-hybridized carbons (Fsp3) is 0.500. The van der Waals surface area contributed by atoms with Crippen molar-refractivity contribution in [3.8, 4) is 5.75 Å². The van der Waals surface area contributed by atoms with Crippen LogP contribution in [0.4, 0.5) is 25.1 Å². The lowest BCUT2D eigenvalue weighted by Crippen LogP contribution is -2.53. The van der Waals surface area contributed by atoms with Crippen molar-refractivity contribution >= 4 is 11.9 Å². The third-order valence-corrected chi connectivity index (χ3v) is 3.45. The van der Waals surface area contributed by atoms with Crippen LogP contribution >= 0.6 is 0 Å². The average Bonchev–Trinajstić information content (AvgIpc) is 2.98. The van der Waals surface area contributed by atoms with Gasteiger partial charge in [-0.3, -0.25) is 0 Å². The molecule has 0 aromatic carbocycles. The molecule has 3 rings (SSSR count). The van der Waals surface area contributed by atoms with Crippen molar-refractivity contribution < 1.29 is 22.8 Å². The Morgan fingerprint density at radius 1 is 1.22 bits per heavy atom. The topological polar surface area (TPSA) is 91.4 Å². The van der Waals surface area contributed by atoms with E-state index in [1.807, 2.05) is 11.8 Å². The van der Waals surface area contributed by atoms with Gasteiger partial charge in [-0.05, 0) is 12.1 Å². The van der Waals surface area contributed by atoms with E-state index in [2.05, 4.69) is 24.6 Å². The van der Waals surface area contributed by atoms with Crippen LogP contribution in [-0.4, -0.2) is 50.9 Å². The first-order valence-corrected chi connectivity index (χ1v) is 6.78. The van der Waals surface area contributed by atoms with Crippen LogP contribution in [0.3, 0.4) is 0 Å². The number of anilines is 2. The molecule has 1 N–H and O–H groups in total. The van der Waals surface area contributed by atoms with Crippen molar-refractivity contribution in [2.45, 2.75) is 19.1 Å². The van der Waals surface area contributed by atoms with E-state index in [1.165, 1.54) is 12.4 Å². The number of aromatic hydroxyl groups is 1. The monoisotopic (exact) mass is 330 g/mol. The standard InChI is InChI=1S/C12H13F3N6O2/c1-7-6-20(11-18-9(23-19-11)12(13,14)15)2-3-21(7)10-16-4-8(22)5-17-10/h4-5,7,22H,2-3,6H2,1H3/t7-/m1/s1. The van der Waals surface area contributed by atoms with E-state index in [0.717, 1.165) is 0 Å². The van der Waals surface area contributed by atoms with Gasteiger partial charge in [-0.25, -0.2) is 9.97 Å². The number of piperazine rings is 1. The fourth-order valence-electron chi connectivity index (χ4n) is 2.36. The van der Waals surface area contributed by atoms with Crippen molar-refractivity contribution in [3.63, 3.8) is 0 Å². The van der Waals surface area contributed by atoms with E-state index in [-0.39, 0.29) is 17.7 Å². The zero-order valence-electron chi connectivity index (χ0n) is 12.0. The molecule has 0 radical (unpaired) electrons. The van der Waals surface area contributed by atoms with E-state index < -0.39 is 12.1 Å². The van der Waals surface area contributed by atoms with Gasteiger partial charge in [0.1, 0.15) is 0 Å². The first kappa shape index (κ1) is 15.3. The second-order valence-electron chi connectivity index (χ2n) is 5.13. The van der Waals surface area contributed by atoms with E-state index in [1.54, 1.807) is 4.90 Å². The molecule has 1 fully saturated rings. The summed E-state index contributed by atoms with van der Waals surface area (Å²) in [5, 5.41) is 12.6. The normalized spacial score (nSPS) is 19.2. The quantitative estimate of drug-likeness (QED) is 0.881. The van der Waals surface area contributed by atoms with E-state index in [0.29, 0.717) is 25.6 Å². The molecule has 8 nitrogen and oxygen atoms in total. The Labute approximate surface area is 128 Å². The minimum Gasteiger partial charge on any atom is -0.505 e. The minimum absolute atomic E-state index is 0.0356. The largest absolute Gasteiger partial charge is 0.505 e. The highest BCUT2D eigenvalue weighted by atomic mass is 19.4. The van der Waals surface area contributed by atoms with Gasteiger partial charge in [-0.1, -0.05) is 0 Å². The number of hydrogen-bond acceptors (Lipinski definition) is 8. The number of hydrogen-bond donors (Lipinski definition) is 1. The highest BCUT2D eigenvalue weighted by molar-refractivity contribution is 5.39. The second-order valence-corrected chi connectivity index (χ2v) is 5.13. The molecule has 0 aliphatic carbocycles. The zero-order valence-corrected chi connectivity index (χ0v) is 12.0. The summed E-state index contributed by atoms with van der Waals surface area (Å²) in [5.41, 5.74) is 0. The number of alkyl halides is 3. The molecule has 0 spiro atoms. The fourth-order valence-corrected chi connectivity index (χ4v) is 2.36. The predicted octanol–water partition coefficient (Wildman–Crippen LogP) is 1.30. The molecular weight excluding hydrogens is 317 g/mol. The molecule has 0 bridgehead atoms. The summed E-state index contributed by atoms with van der Waals surface area (Å²) in [6.07, 6.45) is -2.08. The Morgan fingerprint density at radius 2 is 1.91 bits per heavy atom. The molecule has 3 heterocycles. The third-order valence-electron chi connectivity index (χ3n) is 3.45. The number of aromatic nitrogens is 4. The Hall–Kier alpha value is -2.59. The van der Waals surface area contributed by atoms with Crippen molar-refractivity contribution in [1.82, 2.24) is 20.1 Å².